The number of fused-ring (bicyclic) bond motifs is 1. The lowest BCUT2D eigenvalue weighted by atomic mass is 9.95. The monoisotopic (exact) mass is 517 g/mol. The van der Waals surface area contributed by atoms with Gasteiger partial charge in [0.2, 0.25) is 11.1 Å². The predicted molar refractivity (Wildman–Crippen MR) is 144 cm³/mol. The highest BCUT2D eigenvalue weighted by Gasteiger charge is 2.34. The number of allylic oxidation sites excluding steroid dienone is 1. The van der Waals surface area contributed by atoms with Crippen molar-refractivity contribution in [3.05, 3.63) is 106 Å². The molecule has 0 saturated heterocycles. The van der Waals surface area contributed by atoms with Crippen molar-refractivity contribution in [3.63, 3.8) is 0 Å². The third-order valence-corrected chi connectivity index (χ3v) is 7.11. The number of amides is 1. The van der Waals surface area contributed by atoms with Gasteiger partial charge in [0.1, 0.15) is 11.8 Å². The van der Waals surface area contributed by atoms with Crippen molar-refractivity contribution in [2.75, 3.05) is 17.7 Å². The van der Waals surface area contributed by atoms with E-state index in [2.05, 4.69) is 10.6 Å². The van der Waals surface area contributed by atoms with Crippen LogP contribution < -0.4 is 15.4 Å². The highest BCUT2D eigenvalue weighted by atomic mass is 35.5. The highest BCUT2D eigenvalue weighted by molar-refractivity contribution is 7.98. The summed E-state index contributed by atoms with van der Waals surface area (Å²) in [5.74, 6) is 1.73. The van der Waals surface area contributed by atoms with Gasteiger partial charge in [0, 0.05) is 22.2 Å². The maximum Gasteiger partial charge on any atom is 0.255 e. The first-order chi connectivity index (χ1) is 17.5. The number of carbonyl (C=O) groups is 1. The van der Waals surface area contributed by atoms with Crippen molar-refractivity contribution in [1.29, 1.82) is 0 Å². The van der Waals surface area contributed by atoms with Gasteiger partial charge < -0.3 is 15.4 Å². The number of thioether (sulfide) groups is 1. The van der Waals surface area contributed by atoms with Crippen LogP contribution in [0.4, 0.5) is 11.6 Å². The molecule has 1 aliphatic rings. The second-order valence-corrected chi connectivity index (χ2v) is 9.55. The number of ether oxygens (including phenoxy) is 1. The molecule has 9 heteroatoms. The molecule has 0 bridgehead atoms. The van der Waals surface area contributed by atoms with Crippen LogP contribution in [0.5, 0.6) is 5.75 Å². The minimum atomic E-state index is -0.474. The number of hydrogen-bond donors (Lipinski definition) is 2. The maximum atomic E-state index is 13.5. The number of hydrogen-bond acceptors (Lipinski definition) is 6. The van der Waals surface area contributed by atoms with Gasteiger partial charge in [-0.05, 0) is 48.4 Å². The van der Waals surface area contributed by atoms with E-state index in [-0.39, 0.29) is 5.91 Å². The average molecular weight is 518 g/mol. The molecule has 7 nitrogen and oxygen atoms in total. The van der Waals surface area contributed by atoms with E-state index in [1.807, 2.05) is 85.8 Å². The lowest BCUT2D eigenvalue weighted by Gasteiger charge is -2.28. The summed E-state index contributed by atoms with van der Waals surface area (Å²) in [7, 11) is 1.63. The zero-order valence-corrected chi connectivity index (χ0v) is 21.3. The van der Waals surface area contributed by atoms with Crippen LogP contribution in [0.2, 0.25) is 5.02 Å². The standard InChI is InChI=1S/C27H24ClN5O2S/c1-17-23(25(34)30-20-9-4-3-5-10-20)24(18-12-14-21(35-2)15-13-18)33-26(29-17)31-27(32-33)36-16-19-8-6-7-11-22(19)28/h3-15,24H,16H2,1-2H3,(H,30,34)(H,29,31,32). The Labute approximate surface area is 218 Å². The molecule has 5 rings (SSSR count). The van der Waals surface area contributed by atoms with E-state index in [0.717, 1.165) is 22.6 Å². The molecule has 1 aromatic heterocycles. The fourth-order valence-electron chi connectivity index (χ4n) is 4.06. The van der Waals surface area contributed by atoms with Gasteiger partial charge in [0.15, 0.2) is 0 Å². The van der Waals surface area contributed by atoms with Crippen LogP contribution in [0.15, 0.2) is 95.3 Å². The second kappa shape index (κ2) is 10.5. The summed E-state index contributed by atoms with van der Waals surface area (Å²) in [6, 6.07) is 24.3. The van der Waals surface area contributed by atoms with E-state index in [9.17, 15) is 4.79 Å². The number of methoxy groups -OCH3 is 1. The van der Waals surface area contributed by atoms with E-state index in [4.69, 9.17) is 26.4 Å². The Hall–Kier alpha value is -3.75. The first-order valence-corrected chi connectivity index (χ1v) is 12.7. The summed E-state index contributed by atoms with van der Waals surface area (Å²) in [6.45, 7) is 1.88. The van der Waals surface area contributed by atoms with Gasteiger partial charge in [0.25, 0.3) is 5.91 Å². The molecule has 2 heterocycles. The third-order valence-electron chi connectivity index (χ3n) is 5.86. The fraction of sp³-hybridized carbons (Fsp3) is 0.148. The molecule has 1 atom stereocenters. The maximum absolute atomic E-state index is 13.5. The number of anilines is 2. The van der Waals surface area contributed by atoms with Gasteiger partial charge in [-0.25, -0.2) is 4.68 Å². The summed E-state index contributed by atoms with van der Waals surface area (Å²) in [5, 5.41) is 12.4. The van der Waals surface area contributed by atoms with Crippen LogP contribution in [-0.4, -0.2) is 27.8 Å². The Morgan fingerprint density at radius 2 is 1.81 bits per heavy atom. The lowest BCUT2D eigenvalue weighted by Crippen LogP contribution is -2.31. The van der Waals surface area contributed by atoms with Gasteiger partial charge in [0.05, 0.1) is 12.7 Å². The largest absolute Gasteiger partial charge is 0.497 e. The van der Waals surface area contributed by atoms with Crippen LogP contribution >= 0.6 is 23.4 Å². The molecular formula is C27H24ClN5O2S. The van der Waals surface area contributed by atoms with Crippen molar-refractivity contribution in [2.45, 2.75) is 23.9 Å². The SMILES string of the molecule is COc1ccc(C2C(C(=O)Nc3ccccc3)=C(C)Nc3nc(SCc4ccccc4Cl)nn32)cc1. The number of nitrogens with one attached hydrogen (secondary N) is 2. The highest BCUT2D eigenvalue weighted by Crippen LogP contribution is 2.37. The summed E-state index contributed by atoms with van der Waals surface area (Å²) in [4.78, 5) is 18.2. The molecule has 36 heavy (non-hydrogen) atoms. The molecule has 182 valence electrons. The molecule has 0 radical (unpaired) electrons. The van der Waals surface area contributed by atoms with Gasteiger partial charge in [-0.1, -0.05) is 71.9 Å². The van der Waals surface area contributed by atoms with Gasteiger partial charge in [-0.15, -0.1) is 5.10 Å². The van der Waals surface area contributed by atoms with Crippen LogP contribution in [0.3, 0.4) is 0 Å². The summed E-state index contributed by atoms with van der Waals surface area (Å²) in [5.41, 5.74) is 3.89. The predicted octanol–water partition coefficient (Wildman–Crippen LogP) is 6.16. The second-order valence-electron chi connectivity index (χ2n) is 8.20. The smallest absolute Gasteiger partial charge is 0.255 e. The minimum Gasteiger partial charge on any atom is -0.497 e. The van der Waals surface area contributed by atoms with E-state index < -0.39 is 6.04 Å². The van der Waals surface area contributed by atoms with Crippen molar-refractivity contribution < 1.29 is 9.53 Å². The van der Waals surface area contributed by atoms with Gasteiger partial charge in [-0.2, -0.15) is 4.98 Å². The Morgan fingerprint density at radius 3 is 2.53 bits per heavy atom. The zero-order valence-electron chi connectivity index (χ0n) is 19.7. The van der Waals surface area contributed by atoms with Crippen LogP contribution in [0, 0.1) is 0 Å². The Kier molecular flexibility index (Phi) is 6.97. The van der Waals surface area contributed by atoms with E-state index in [1.54, 1.807) is 11.8 Å². The molecule has 3 aromatic carbocycles. The molecule has 0 saturated carbocycles. The number of carbonyl (C=O) groups excluding carboxylic acids is 1. The number of rotatable bonds is 7. The Bertz CT molecular complexity index is 1420. The summed E-state index contributed by atoms with van der Waals surface area (Å²) in [6.07, 6.45) is 0. The topological polar surface area (TPSA) is 81.1 Å². The van der Waals surface area contributed by atoms with Crippen molar-refractivity contribution >= 4 is 40.9 Å². The molecule has 2 N–H and O–H groups in total. The van der Waals surface area contributed by atoms with E-state index >= 15 is 0 Å². The van der Waals surface area contributed by atoms with E-state index in [0.29, 0.717) is 33.2 Å². The number of aromatic nitrogens is 3. The first kappa shape index (κ1) is 24.0. The molecule has 0 spiro atoms. The summed E-state index contributed by atoms with van der Waals surface area (Å²) < 4.78 is 7.10. The van der Waals surface area contributed by atoms with Gasteiger partial charge >= 0.3 is 0 Å². The number of benzene rings is 3. The van der Waals surface area contributed by atoms with Crippen molar-refractivity contribution in [1.82, 2.24) is 14.8 Å². The molecule has 1 unspecified atom stereocenters. The minimum absolute atomic E-state index is 0.210. The molecule has 1 amide bonds. The number of nitrogens with zero attached hydrogens (tertiary/aromatic N) is 3. The van der Waals surface area contributed by atoms with Crippen molar-refractivity contribution in [3.8, 4) is 5.75 Å². The van der Waals surface area contributed by atoms with E-state index in [1.165, 1.54) is 11.8 Å². The summed E-state index contributed by atoms with van der Waals surface area (Å²) >= 11 is 7.82. The normalized spacial score (nSPS) is 14.7. The third kappa shape index (κ3) is 4.96. The van der Waals surface area contributed by atoms with Crippen LogP contribution in [0.25, 0.3) is 0 Å². The molecule has 0 aliphatic carbocycles. The molecule has 4 aromatic rings. The fourth-order valence-corrected chi connectivity index (χ4v) is 5.17. The first-order valence-electron chi connectivity index (χ1n) is 11.3. The quantitative estimate of drug-likeness (QED) is 0.286. The van der Waals surface area contributed by atoms with Crippen LogP contribution in [-0.2, 0) is 10.5 Å². The Morgan fingerprint density at radius 1 is 1.08 bits per heavy atom. The average Bonchev–Trinajstić information content (AvgIpc) is 3.30. The molecule has 1 aliphatic heterocycles. The molecular weight excluding hydrogens is 494 g/mol. The lowest BCUT2D eigenvalue weighted by molar-refractivity contribution is -0.113. The number of para-hydroxylation sites is 1. The zero-order chi connectivity index (χ0) is 25.1. The van der Waals surface area contributed by atoms with Crippen LogP contribution in [0.1, 0.15) is 24.1 Å². The van der Waals surface area contributed by atoms with Crippen molar-refractivity contribution in [2.24, 2.45) is 0 Å². The molecule has 0 fully saturated rings. The Balaban J connectivity index is 1.49. The number of halogens is 1. The van der Waals surface area contributed by atoms with Gasteiger partial charge in [-0.3, -0.25) is 4.79 Å².